The standard InChI is InChI=1S/C14H16N6O/c1-19-4-3-16-13(19)7-20(2)12-6-11-9(5-10(12)15)14(21)18-8-17-11/h3-6,8H,7,15H2,1-2H3,(H,17,18,21). The molecule has 0 atom stereocenters. The summed E-state index contributed by atoms with van der Waals surface area (Å²) in [5.41, 5.74) is 7.87. The molecule has 3 rings (SSSR count). The van der Waals surface area contributed by atoms with E-state index >= 15 is 0 Å². The van der Waals surface area contributed by atoms with E-state index in [0.29, 0.717) is 23.1 Å². The van der Waals surface area contributed by atoms with Crippen molar-refractivity contribution in [2.45, 2.75) is 6.54 Å². The van der Waals surface area contributed by atoms with Gasteiger partial charge in [-0.15, -0.1) is 0 Å². The zero-order valence-corrected chi connectivity index (χ0v) is 11.9. The first-order valence-corrected chi connectivity index (χ1v) is 6.50. The van der Waals surface area contributed by atoms with E-state index in [9.17, 15) is 4.79 Å². The van der Waals surface area contributed by atoms with E-state index in [1.165, 1.54) is 6.33 Å². The second-order valence-electron chi connectivity index (χ2n) is 4.97. The molecule has 1 aromatic carbocycles. The van der Waals surface area contributed by atoms with Crippen LogP contribution in [-0.4, -0.2) is 26.6 Å². The van der Waals surface area contributed by atoms with Gasteiger partial charge in [0.25, 0.3) is 5.56 Å². The number of benzene rings is 1. The van der Waals surface area contributed by atoms with Crippen molar-refractivity contribution in [1.29, 1.82) is 0 Å². The van der Waals surface area contributed by atoms with E-state index in [0.717, 1.165) is 11.5 Å². The van der Waals surface area contributed by atoms with Crippen LogP contribution in [0.4, 0.5) is 11.4 Å². The highest BCUT2D eigenvalue weighted by Gasteiger charge is 2.11. The normalized spacial score (nSPS) is 11.0. The summed E-state index contributed by atoms with van der Waals surface area (Å²) < 4.78 is 1.96. The molecule has 0 unspecified atom stereocenters. The van der Waals surface area contributed by atoms with E-state index in [2.05, 4.69) is 15.0 Å². The second kappa shape index (κ2) is 4.93. The molecule has 0 saturated carbocycles. The summed E-state index contributed by atoms with van der Waals surface area (Å²) in [6, 6.07) is 3.48. The average molecular weight is 284 g/mol. The van der Waals surface area contributed by atoms with Gasteiger partial charge in [-0.2, -0.15) is 0 Å². The van der Waals surface area contributed by atoms with Crippen molar-refractivity contribution in [3.8, 4) is 0 Å². The maximum Gasteiger partial charge on any atom is 0.258 e. The van der Waals surface area contributed by atoms with Gasteiger partial charge in [-0.1, -0.05) is 0 Å². The summed E-state index contributed by atoms with van der Waals surface area (Å²) >= 11 is 0. The molecule has 0 fully saturated rings. The zero-order valence-electron chi connectivity index (χ0n) is 11.9. The maximum atomic E-state index is 11.7. The lowest BCUT2D eigenvalue weighted by molar-refractivity contribution is 0.762. The van der Waals surface area contributed by atoms with Crippen molar-refractivity contribution in [2.75, 3.05) is 17.7 Å². The van der Waals surface area contributed by atoms with Crippen LogP contribution in [0.15, 0.2) is 35.6 Å². The van der Waals surface area contributed by atoms with Gasteiger partial charge < -0.3 is 20.2 Å². The number of nitrogen functional groups attached to an aromatic ring is 1. The van der Waals surface area contributed by atoms with Gasteiger partial charge in [0.1, 0.15) is 5.82 Å². The lowest BCUT2D eigenvalue weighted by atomic mass is 10.2. The number of anilines is 2. The zero-order chi connectivity index (χ0) is 15.0. The van der Waals surface area contributed by atoms with E-state index in [1.54, 1.807) is 12.3 Å². The highest BCUT2D eigenvalue weighted by molar-refractivity contribution is 5.88. The van der Waals surface area contributed by atoms with Crippen molar-refractivity contribution in [3.05, 3.63) is 47.0 Å². The van der Waals surface area contributed by atoms with Gasteiger partial charge in [-0.25, -0.2) is 9.97 Å². The smallest absolute Gasteiger partial charge is 0.258 e. The van der Waals surface area contributed by atoms with E-state index in [-0.39, 0.29) is 5.56 Å². The fraction of sp³-hybridized carbons (Fsp3) is 0.214. The number of aryl methyl sites for hydroxylation is 1. The van der Waals surface area contributed by atoms with Gasteiger partial charge >= 0.3 is 0 Å². The lowest BCUT2D eigenvalue weighted by Crippen LogP contribution is -2.20. The summed E-state index contributed by atoms with van der Waals surface area (Å²) in [6.45, 7) is 0.613. The molecule has 0 saturated heterocycles. The first kappa shape index (κ1) is 13.2. The van der Waals surface area contributed by atoms with Gasteiger partial charge in [0.15, 0.2) is 0 Å². The predicted octanol–water partition coefficient (Wildman–Crippen LogP) is 0.875. The molecule has 2 heterocycles. The van der Waals surface area contributed by atoms with Gasteiger partial charge in [-0.05, 0) is 12.1 Å². The summed E-state index contributed by atoms with van der Waals surface area (Å²) in [4.78, 5) is 24.7. The van der Waals surface area contributed by atoms with Crippen molar-refractivity contribution in [1.82, 2.24) is 19.5 Å². The number of H-pyrrole nitrogens is 1. The Morgan fingerprint density at radius 2 is 2.19 bits per heavy atom. The van der Waals surface area contributed by atoms with Crippen molar-refractivity contribution < 1.29 is 0 Å². The molecule has 7 nitrogen and oxygen atoms in total. The summed E-state index contributed by atoms with van der Waals surface area (Å²) in [5.74, 6) is 0.927. The number of hydrogen-bond acceptors (Lipinski definition) is 5. The Bertz CT molecular complexity index is 850. The van der Waals surface area contributed by atoms with Crippen LogP contribution in [0.5, 0.6) is 0 Å². The topological polar surface area (TPSA) is 92.8 Å². The molecule has 7 heteroatoms. The Morgan fingerprint density at radius 3 is 2.90 bits per heavy atom. The summed E-state index contributed by atoms with van der Waals surface area (Å²) in [7, 11) is 3.88. The van der Waals surface area contributed by atoms with Gasteiger partial charge in [0, 0.05) is 26.5 Å². The SMILES string of the molecule is CN(Cc1nccn1C)c1cc2nc[nH]c(=O)c2cc1N. The molecule has 3 aromatic rings. The fourth-order valence-electron chi connectivity index (χ4n) is 2.30. The molecule has 0 amide bonds. The number of rotatable bonds is 3. The average Bonchev–Trinajstić information content (AvgIpc) is 2.85. The number of nitrogens with zero attached hydrogens (tertiary/aromatic N) is 4. The van der Waals surface area contributed by atoms with Crippen LogP contribution in [0, 0.1) is 0 Å². The Hall–Kier alpha value is -2.83. The molecule has 108 valence electrons. The number of aromatic nitrogens is 4. The summed E-state index contributed by atoms with van der Waals surface area (Å²) in [6.07, 6.45) is 5.05. The molecular formula is C14H16N6O. The van der Waals surface area contributed by atoms with Gasteiger partial charge in [0.2, 0.25) is 0 Å². The molecular weight excluding hydrogens is 268 g/mol. The molecule has 0 bridgehead atoms. The number of fused-ring (bicyclic) bond motifs is 1. The van der Waals surface area contributed by atoms with Crippen LogP contribution in [-0.2, 0) is 13.6 Å². The minimum atomic E-state index is -0.190. The van der Waals surface area contributed by atoms with Crippen molar-refractivity contribution in [2.24, 2.45) is 7.05 Å². The molecule has 0 aliphatic carbocycles. The molecule has 3 N–H and O–H groups in total. The van der Waals surface area contributed by atoms with Crippen LogP contribution in [0.1, 0.15) is 5.82 Å². The quantitative estimate of drug-likeness (QED) is 0.696. The molecule has 0 spiro atoms. The third-order valence-corrected chi connectivity index (χ3v) is 3.50. The fourth-order valence-corrected chi connectivity index (χ4v) is 2.30. The molecule has 21 heavy (non-hydrogen) atoms. The number of nitrogens with one attached hydrogen (secondary N) is 1. The highest BCUT2D eigenvalue weighted by atomic mass is 16.1. The van der Waals surface area contributed by atoms with Gasteiger partial charge in [-0.3, -0.25) is 4.79 Å². The minimum Gasteiger partial charge on any atom is -0.397 e. The Labute approximate surface area is 121 Å². The van der Waals surface area contributed by atoms with Crippen LogP contribution < -0.4 is 16.2 Å². The van der Waals surface area contributed by atoms with Crippen LogP contribution in [0.2, 0.25) is 0 Å². The third kappa shape index (κ3) is 2.33. The summed E-state index contributed by atoms with van der Waals surface area (Å²) in [5, 5.41) is 0.490. The van der Waals surface area contributed by atoms with E-state index in [4.69, 9.17) is 5.73 Å². The van der Waals surface area contributed by atoms with Crippen LogP contribution in [0.25, 0.3) is 10.9 Å². The van der Waals surface area contributed by atoms with E-state index < -0.39 is 0 Å². The Morgan fingerprint density at radius 1 is 1.38 bits per heavy atom. The Balaban J connectivity index is 2.02. The molecule has 2 aromatic heterocycles. The number of nitrogens with two attached hydrogens (primary N) is 1. The first-order valence-electron chi connectivity index (χ1n) is 6.50. The van der Waals surface area contributed by atoms with Gasteiger partial charge in [0.05, 0.1) is 35.1 Å². The highest BCUT2D eigenvalue weighted by Crippen LogP contribution is 2.26. The molecule has 0 aliphatic heterocycles. The van der Waals surface area contributed by atoms with Crippen molar-refractivity contribution in [3.63, 3.8) is 0 Å². The first-order chi connectivity index (χ1) is 10.1. The van der Waals surface area contributed by atoms with Crippen LogP contribution in [0.3, 0.4) is 0 Å². The largest absolute Gasteiger partial charge is 0.397 e. The molecule has 0 aliphatic rings. The monoisotopic (exact) mass is 284 g/mol. The minimum absolute atomic E-state index is 0.190. The maximum absolute atomic E-state index is 11.7. The molecule has 0 radical (unpaired) electrons. The van der Waals surface area contributed by atoms with E-state index in [1.807, 2.05) is 35.8 Å². The predicted molar refractivity (Wildman–Crippen MR) is 82.1 cm³/mol. The van der Waals surface area contributed by atoms with Crippen molar-refractivity contribution >= 4 is 22.3 Å². The Kier molecular flexibility index (Phi) is 3.09. The number of hydrogen-bond donors (Lipinski definition) is 2. The number of imidazole rings is 1. The van der Waals surface area contributed by atoms with Crippen LogP contribution >= 0.6 is 0 Å². The number of aromatic amines is 1. The third-order valence-electron chi connectivity index (χ3n) is 3.50. The second-order valence-corrected chi connectivity index (χ2v) is 4.97. The lowest BCUT2D eigenvalue weighted by Gasteiger charge is -2.21.